The van der Waals surface area contributed by atoms with Crippen LogP contribution in [0.1, 0.15) is 31.7 Å². The van der Waals surface area contributed by atoms with E-state index in [9.17, 15) is 0 Å². The van der Waals surface area contributed by atoms with E-state index in [4.69, 9.17) is 16.3 Å². The van der Waals surface area contributed by atoms with E-state index in [1.54, 1.807) is 0 Å². The zero-order valence-corrected chi connectivity index (χ0v) is 14.3. The topological polar surface area (TPSA) is 21.3 Å². The summed E-state index contributed by atoms with van der Waals surface area (Å²) in [4.78, 5) is 0. The molecule has 0 radical (unpaired) electrons. The maximum Gasteiger partial charge on any atom is 0.0495 e. The van der Waals surface area contributed by atoms with Crippen LogP contribution >= 0.6 is 27.5 Å². The lowest BCUT2D eigenvalue weighted by Gasteiger charge is -2.22. The van der Waals surface area contributed by atoms with Crippen molar-refractivity contribution in [2.45, 2.75) is 38.6 Å². The van der Waals surface area contributed by atoms with Crippen LogP contribution in [0.2, 0.25) is 5.02 Å². The van der Waals surface area contributed by atoms with Gasteiger partial charge in [-0.1, -0.05) is 40.5 Å². The van der Waals surface area contributed by atoms with Crippen molar-refractivity contribution in [1.29, 1.82) is 0 Å². The van der Waals surface area contributed by atoms with E-state index in [1.165, 1.54) is 18.4 Å². The summed E-state index contributed by atoms with van der Waals surface area (Å²) in [7, 11) is 0. The van der Waals surface area contributed by atoms with Crippen LogP contribution in [0.4, 0.5) is 0 Å². The van der Waals surface area contributed by atoms with E-state index in [0.717, 1.165) is 42.1 Å². The molecule has 0 aromatic heterocycles. The zero-order valence-electron chi connectivity index (χ0n) is 12.0. The normalized spacial score (nSPS) is 20.2. The predicted octanol–water partition coefficient (Wildman–Crippen LogP) is 4.44. The Morgan fingerprint density at radius 3 is 3.00 bits per heavy atom. The second-order valence-electron chi connectivity index (χ2n) is 5.56. The van der Waals surface area contributed by atoms with Crippen LogP contribution in [-0.4, -0.2) is 25.8 Å². The first kappa shape index (κ1) is 16.3. The summed E-state index contributed by atoms with van der Waals surface area (Å²) in [6.45, 7) is 5.10. The first-order valence-electron chi connectivity index (χ1n) is 7.44. The number of ether oxygens (including phenoxy) is 1. The Kier molecular flexibility index (Phi) is 6.82. The maximum absolute atomic E-state index is 6.34. The highest BCUT2D eigenvalue weighted by Crippen LogP contribution is 2.25. The third kappa shape index (κ3) is 5.03. The molecule has 0 aliphatic carbocycles. The molecule has 1 saturated heterocycles. The minimum absolute atomic E-state index is 0.486. The first-order chi connectivity index (χ1) is 9.69. The summed E-state index contributed by atoms with van der Waals surface area (Å²) >= 11 is 9.80. The molecule has 1 aromatic rings. The Balaban J connectivity index is 1.97. The van der Waals surface area contributed by atoms with Gasteiger partial charge in [0.25, 0.3) is 0 Å². The molecule has 1 N–H and O–H groups in total. The van der Waals surface area contributed by atoms with E-state index in [2.05, 4.69) is 40.3 Å². The van der Waals surface area contributed by atoms with Crippen LogP contribution in [-0.2, 0) is 11.2 Å². The second-order valence-corrected chi connectivity index (χ2v) is 6.88. The molecular weight excluding hydrogens is 338 g/mol. The highest BCUT2D eigenvalue weighted by Gasteiger charge is 2.21. The fourth-order valence-corrected chi connectivity index (χ4v) is 3.46. The highest BCUT2D eigenvalue weighted by atomic mass is 79.9. The monoisotopic (exact) mass is 359 g/mol. The summed E-state index contributed by atoms with van der Waals surface area (Å²) in [6.07, 6.45) is 4.51. The Bertz CT molecular complexity index is 421. The van der Waals surface area contributed by atoms with Gasteiger partial charge in [-0.2, -0.15) is 0 Å². The number of halogens is 2. The molecular formula is C16H23BrClNO. The number of nitrogens with one attached hydrogen (secondary N) is 1. The van der Waals surface area contributed by atoms with Crippen LogP contribution < -0.4 is 5.32 Å². The van der Waals surface area contributed by atoms with Gasteiger partial charge in [0.1, 0.15) is 0 Å². The predicted molar refractivity (Wildman–Crippen MR) is 88.5 cm³/mol. The summed E-state index contributed by atoms with van der Waals surface area (Å²) in [5, 5.41) is 4.51. The first-order valence-corrected chi connectivity index (χ1v) is 8.61. The molecule has 1 fully saturated rings. The largest absolute Gasteiger partial charge is 0.381 e. The molecule has 0 bridgehead atoms. The average molecular weight is 361 g/mol. The fraction of sp³-hybridized carbons (Fsp3) is 0.625. The molecule has 4 heteroatoms. The smallest absolute Gasteiger partial charge is 0.0495 e. The molecule has 1 aliphatic rings. The standard InChI is InChI=1S/C16H23BrClNO/c1-2-6-19-15(8-12-5-7-20-11-12)9-13-3-4-14(17)10-16(13)18/h3-4,10,12,15,19H,2,5-9,11H2,1H3. The van der Waals surface area contributed by atoms with Gasteiger partial charge in [-0.15, -0.1) is 0 Å². The summed E-state index contributed by atoms with van der Waals surface area (Å²) in [5.41, 5.74) is 1.22. The zero-order chi connectivity index (χ0) is 14.4. The molecule has 2 atom stereocenters. The van der Waals surface area contributed by atoms with Crippen molar-refractivity contribution in [3.05, 3.63) is 33.3 Å². The molecule has 1 aromatic carbocycles. The van der Waals surface area contributed by atoms with Gasteiger partial charge < -0.3 is 10.1 Å². The van der Waals surface area contributed by atoms with Gasteiger partial charge in [0.2, 0.25) is 0 Å². The van der Waals surface area contributed by atoms with Gasteiger partial charge in [-0.05, 0) is 55.8 Å². The van der Waals surface area contributed by atoms with E-state index < -0.39 is 0 Å². The SMILES string of the molecule is CCCNC(Cc1ccc(Br)cc1Cl)CC1CCOC1. The average Bonchev–Trinajstić information content (AvgIpc) is 2.92. The molecule has 2 rings (SSSR count). The number of hydrogen-bond acceptors (Lipinski definition) is 2. The van der Waals surface area contributed by atoms with Crippen molar-refractivity contribution in [2.24, 2.45) is 5.92 Å². The van der Waals surface area contributed by atoms with Gasteiger partial charge in [0.15, 0.2) is 0 Å². The third-order valence-electron chi connectivity index (χ3n) is 3.81. The summed E-state index contributed by atoms with van der Waals surface area (Å²) in [5.74, 6) is 0.693. The maximum atomic E-state index is 6.34. The third-order valence-corrected chi connectivity index (χ3v) is 4.65. The quantitative estimate of drug-likeness (QED) is 0.776. The molecule has 20 heavy (non-hydrogen) atoms. The molecule has 0 spiro atoms. The van der Waals surface area contributed by atoms with E-state index in [0.29, 0.717) is 12.0 Å². The lowest BCUT2D eigenvalue weighted by atomic mass is 9.94. The lowest BCUT2D eigenvalue weighted by Crippen LogP contribution is -2.34. The Morgan fingerprint density at radius 2 is 2.35 bits per heavy atom. The van der Waals surface area contributed by atoms with Crippen molar-refractivity contribution >= 4 is 27.5 Å². The van der Waals surface area contributed by atoms with Crippen LogP contribution in [0.25, 0.3) is 0 Å². The van der Waals surface area contributed by atoms with Crippen LogP contribution in [0.5, 0.6) is 0 Å². The minimum Gasteiger partial charge on any atom is -0.381 e. The van der Waals surface area contributed by atoms with Gasteiger partial charge in [0.05, 0.1) is 0 Å². The van der Waals surface area contributed by atoms with Gasteiger partial charge in [-0.3, -0.25) is 0 Å². The van der Waals surface area contributed by atoms with E-state index >= 15 is 0 Å². The fourth-order valence-electron chi connectivity index (χ4n) is 2.71. The number of rotatable bonds is 7. The molecule has 0 saturated carbocycles. The van der Waals surface area contributed by atoms with Crippen LogP contribution in [0.3, 0.4) is 0 Å². The van der Waals surface area contributed by atoms with Crippen LogP contribution in [0.15, 0.2) is 22.7 Å². The summed E-state index contributed by atoms with van der Waals surface area (Å²) in [6, 6.07) is 6.65. The van der Waals surface area contributed by atoms with Crippen molar-refractivity contribution in [3.8, 4) is 0 Å². The molecule has 112 valence electrons. The highest BCUT2D eigenvalue weighted by molar-refractivity contribution is 9.10. The van der Waals surface area contributed by atoms with E-state index in [1.807, 2.05) is 6.07 Å². The Hall–Kier alpha value is -0.0900. The Morgan fingerprint density at radius 1 is 1.50 bits per heavy atom. The Labute approximate surface area is 135 Å². The van der Waals surface area contributed by atoms with Crippen molar-refractivity contribution in [3.63, 3.8) is 0 Å². The number of benzene rings is 1. The summed E-state index contributed by atoms with van der Waals surface area (Å²) < 4.78 is 6.53. The van der Waals surface area contributed by atoms with Crippen molar-refractivity contribution in [1.82, 2.24) is 5.32 Å². The van der Waals surface area contributed by atoms with Gasteiger partial charge in [0, 0.05) is 28.8 Å². The second kappa shape index (κ2) is 8.38. The lowest BCUT2D eigenvalue weighted by molar-refractivity contribution is 0.181. The minimum atomic E-state index is 0.486. The molecule has 1 aliphatic heterocycles. The molecule has 2 unspecified atom stereocenters. The van der Waals surface area contributed by atoms with Gasteiger partial charge in [-0.25, -0.2) is 0 Å². The molecule has 0 amide bonds. The molecule has 1 heterocycles. The van der Waals surface area contributed by atoms with Gasteiger partial charge >= 0.3 is 0 Å². The molecule has 2 nitrogen and oxygen atoms in total. The van der Waals surface area contributed by atoms with E-state index in [-0.39, 0.29) is 0 Å². The van der Waals surface area contributed by atoms with Crippen molar-refractivity contribution < 1.29 is 4.74 Å². The van der Waals surface area contributed by atoms with Crippen molar-refractivity contribution in [2.75, 3.05) is 19.8 Å². The number of hydrogen-bond donors (Lipinski definition) is 1. The van der Waals surface area contributed by atoms with Crippen LogP contribution in [0, 0.1) is 5.92 Å².